The van der Waals surface area contributed by atoms with E-state index in [9.17, 15) is 4.79 Å². The maximum Gasteiger partial charge on any atom is 0.316 e. The lowest BCUT2D eigenvalue weighted by atomic mass is 9.99. The van der Waals surface area contributed by atoms with E-state index in [-0.39, 0.29) is 11.9 Å². The van der Waals surface area contributed by atoms with Crippen molar-refractivity contribution in [1.82, 2.24) is 19.9 Å². The van der Waals surface area contributed by atoms with Gasteiger partial charge in [0, 0.05) is 69.1 Å². The van der Waals surface area contributed by atoms with E-state index in [1.165, 1.54) is 5.69 Å². The molecule has 9 heteroatoms. The third kappa shape index (κ3) is 4.46. The Balaban J connectivity index is 1.06. The Labute approximate surface area is 211 Å². The number of ether oxygens (including phenoxy) is 1. The Morgan fingerprint density at radius 3 is 2.47 bits per heavy atom. The summed E-state index contributed by atoms with van der Waals surface area (Å²) >= 11 is 0. The molecule has 1 amide bonds. The van der Waals surface area contributed by atoms with Crippen LogP contribution in [0.25, 0.3) is 11.1 Å². The Bertz CT molecular complexity index is 1220. The number of methoxy groups -OCH3 is 1. The highest BCUT2D eigenvalue weighted by atomic mass is 16.5. The van der Waals surface area contributed by atoms with E-state index in [0.717, 1.165) is 86.7 Å². The number of hydrogen-bond acceptors (Lipinski definition) is 8. The number of fused-ring (bicyclic) bond motifs is 3. The predicted octanol–water partition coefficient (Wildman–Crippen LogP) is 3.18. The average Bonchev–Trinajstić information content (AvgIpc) is 2.94. The van der Waals surface area contributed by atoms with Gasteiger partial charge in [0.25, 0.3) is 0 Å². The van der Waals surface area contributed by atoms with Crippen molar-refractivity contribution in [3.8, 4) is 17.1 Å². The summed E-state index contributed by atoms with van der Waals surface area (Å²) in [6.07, 6.45) is 8.69. The quantitative estimate of drug-likeness (QED) is 0.590. The van der Waals surface area contributed by atoms with Crippen molar-refractivity contribution in [3.05, 3.63) is 54.5 Å². The fraction of sp³-hybridized carbons (Fsp3) is 0.407. The number of nitrogens with zero attached hydrogens (tertiary/aromatic N) is 6. The van der Waals surface area contributed by atoms with Gasteiger partial charge in [0.1, 0.15) is 6.04 Å². The lowest BCUT2D eigenvalue weighted by Crippen LogP contribution is -2.51. The molecule has 36 heavy (non-hydrogen) atoms. The molecule has 5 heterocycles. The summed E-state index contributed by atoms with van der Waals surface area (Å²) in [5.74, 6) is 1.04. The second kappa shape index (κ2) is 9.73. The topological polar surface area (TPSA) is 86.7 Å². The molecule has 3 aliphatic rings. The number of aromatic nitrogens is 3. The molecule has 2 saturated heterocycles. The SMILES string of the molecule is COc1ncc(-c2ccc(N3CCN(Cc4cnc5c(c4)NC(=O)C4CCCCN54)CC3)cc2)cn1. The van der Waals surface area contributed by atoms with Crippen molar-refractivity contribution >= 4 is 23.1 Å². The largest absolute Gasteiger partial charge is 0.467 e. The number of carbonyl (C=O) groups excluding carboxylic acids is 1. The van der Waals surface area contributed by atoms with Crippen LogP contribution in [0.4, 0.5) is 17.2 Å². The first-order valence-electron chi connectivity index (χ1n) is 12.7. The zero-order valence-corrected chi connectivity index (χ0v) is 20.6. The molecule has 0 spiro atoms. The number of benzene rings is 1. The molecule has 0 bridgehead atoms. The maximum atomic E-state index is 12.6. The highest BCUT2D eigenvalue weighted by molar-refractivity contribution is 6.02. The van der Waals surface area contributed by atoms with Crippen LogP contribution in [-0.4, -0.2) is 71.6 Å². The van der Waals surface area contributed by atoms with E-state index in [4.69, 9.17) is 9.72 Å². The highest BCUT2D eigenvalue weighted by Crippen LogP contribution is 2.35. The Kier molecular flexibility index (Phi) is 6.14. The molecule has 9 nitrogen and oxygen atoms in total. The minimum Gasteiger partial charge on any atom is -0.467 e. The van der Waals surface area contributed by atoms with Crippen LogP contribution in [-0.2, 0) is 11.3 Å². The van der Waals surface area contributed by atoms with Crippen molar-refractivity contribution in [3.63, 3.8) is 0 Å². The van der Waals surface area contributed by atoms with Gasteiger partial charge in [-0.15, -0.1) is 0 Å². The minimum absolute atomic E-state index is 0.0590. The molecule has 0 radical (unpaired) electrons. The number of hydrogen-bond donors (Lipinski definition) is 1. The van der Waals surface area contributed by atoms with Crippen molar-refractivity contribution in [2.24, 2.45) is 0 Å². The molecule has 1 N–H and O–H groups in total. The van der Waals surface area contributed by atoms with Gasteiger partial charge in [-0.1, -0.05) is 12.1 Å². The number of carbonyl (C=O) groups is 1. The van der Waals surface area contributed by atoms with Gasteiger partial charge in [0.15, 0.2) is 5.82 Å². The number of amides is 1. The molecule has 6 rings (SSSR count). The Morgan fingerprint density at radius 1 is 0.944 bits per heavy atom. The monoisotopic (exact) mass is 485 g/mol. The molecule has 2 aromatic heterocycles. The summed E-state index contributed by atoms with van der Waals surface area (Å²) in [4.78, 5) is 32.8. The molecule has 2 fully saturated rings. The predicted molar refractivity (Wildman–Crippen MR) is 139 cm³/mol. The molecule has 1 aromatic carbocycles. The first-order valence-corrected chi connectivity index (χ1v) is 12.7. The summed E-state index contributed by atoms with van der Waals surface area (Å²) < 4.78 is 5.04. The molecule has 3 aliphatic heterocycles. The van der Waals surface area contributed by atoms with Crippen LogP contribution in [0, 0.1) is 0 Å². The van der Waals surface area contributed by atoms with Crippen molar-refractivity contribution < 1.29 is 9.53 Å². The number of anilines is 3. The van der Waals surface area contributed by atoms with Crippen molar-refractivity contribution in [2.75, 3.05) is 55.0 Å². The van der Waals surface area contributed by atoms with E-state index in [0.29, 0.717) is 6.01 Å². The van der Waals surface area contributed by atoms with Crippen molar-refractivity contribution in [2.45, 2.75) is 31.8 Å². The highest BCUT2D eigenvalue weighted by Gasteiger charge is 2.35. The molecule has 1 unspecified atom stereocenters. The van der Waals surface area contributed by atoms with Gasteiger partial charge in [-0.05, 0) is 48.6 Å². The van der Waals surface area contributed by atoms with Gasteiger partial charge in [-0.2, -0.15) is 0 Å². The van der Waals surface area contributed by atoms with Gasteiger partial charge in [0.05, 0.1) is 12.8 Å². The zero-order chi connectivity index (χ0) is 24.5. The Hall–Kier alpha value is -3.72. The van der Waals surface area contributed by atoms with Crippen LogP contribution < -0.4 is 19.9 Å². The minimum atomic E-state index is -0.0590. The third-order valence-corrected chi connectivity index (χ3v) is 7.41. The van der Waals surface area contributed by atoms with Crippen LogP contribution in [0.2, 0.25) is 0 Å². The zero-order valence-electron chi connectivity index (χ0n) is 20.6. The Morgan fingerprint density at radius 2 is 1.72 bits per heavy atom. The van der Waals surface area contributed by atoms with Crippen LogP contribution in [0.3, 0.4) is 0 Å². The summed E-state index contributed by atoms with van der Waals surface area (Å²) in [6, 6.07) is 11.0. The van der Waals surface area contributed by atoms with E-state index in [1.54, 1.807) is 19.5 Å². The van der Waals surface area contributed by atoms with Gasteiger partial charge in [0.2, 0.25) is 5.91 Å². The van der Waals surface area contributed by atoms with Crippen LogP contribution in [0.1, 0.15) is 24.8 Å². The molecule has 186 valence electrons. The molecule has 0 aliphatic carbocycles. The van der Waals surface area contributed by atoms with Crippen LogP contribution in [0.5, 0.6) is 6.01 Å². The first kappa shape index (κ1) is 22.7. The fourth-order valence-corrected chi connectivity index (χ4v) is 5.44. The lowest BCUT2D eigenvalue weighted by molar-refractivity contribution is -0.118. The van der Waals surface area contributed by atoms with Crippen molar-refractivity contribution in [1.29, 1.82) is 0 Å². The van der Waals surface area contributed by atoms with Gasteiger partial charge < -0.3 is 19.9 Å². The third-order valence-electron chi connectivity index (χ3n) is 7.41. The lowest BCUT2D eigenvalue weighted by Gasteiger charge is -2.40. The normalized spacial score (nSPS) is 19.9. The van der Waals surface area contributed by atoms with E-state index >= 15 is 0 Å². The molecule has 1 atom stereocenters. The summed E-state index contributed by atoms with van der Waals surface area (Å²) in [7, 11) is 1.57. The number of pyridine rings is 1. The van der Waals surface area contributed by atoms with Crippen LogP contribution in [0.15, 0.2) is 48.9 Å². The second-order valence-corrected chi connectivity index (χ2v) is 9.68. The molecular weight excluding hydrogens is 454 g/mol. The van der Waals surface area contributed by atoms with Gasteiger partial charge in [-0.25, -0.2) is 15.0 Å². The molecule has 0 saturated carbocycles. The van der Waals surface area contributed by atoms with Gasteiger partial charge in [-0.3, -0.25) is 9.69 Å². The second-order valence-electron chi connectivity index (χ2n) is 9.68. The fourth-order valence-electron chi connectivity index (χ4n) is 5.44. The molecule has 3 aromatic rings. The first-order chi connectivity index (χ1) is 17.7. The van der Waals surface area contributed by atoms with Gasteiger partial charge >= 0.3 is 6.01 Å². The number of piperidine rings is 1. The smallest absolute Gasteiger partial charge is 0.316 e. The molecular formula is C27H31N7O2. The maximum absolute atomic E-state index is 12.6. The summed E-state index contributed by atoms with van der Waals surface area (Å²) in [6.45, 7) is 5.64. The number of nitrogens with one attached hydrogen (secondary N) is 1. The number of rotatable bonds is 5. The van der Waals surface area contributed by atoms with Crippen LogP contribution >= 0.6 is 0 Å². The standard InChI is InChI=1S/C27H31N7O2/c1-36-27-29-16-21(17-30-27)20-5-7-22(8-6-20)33-12-10-32(11-13-33)18-19-14-23-25(28-15-19)34-9-3-2-4-24(34)26(35)31-23/h5-8,14-17,24H,2-4,9-13,18H2,1H3,(H,31,35). The average molecular weight is 486 g/mol. The van der Waals surface area contributed by atoms with E-state index in [2.05, 4.69) is 60.3 Å². The summed E-state index contributed by atoms with van der Waals surface area (Å²) in [5, 5.41) is 3.10. The van der Waals surface area contributed by atoms with E-state index < -0.39 is 0 Å². The summed E-state index contributed by atoms with van der Waals surface area (Å²) in [5.41, 5.74) is 5.28. The number of piperazine rings is 1. The van der Waals surface area contributed by atoms with E-state index in [1.807, 2.05) is 6.20 Å².